The molecule has 0 spiro atoms. The smallest absolute Gasteiger partial charge is 0.0880 e. The topological polar surface area (TPSA) is 29.5 Å². The third-order valence-electron chi connectivity index (χ3n) is 3.91. The fourth-order valence-corrected chi connectivity index (χ4v) is 2.76. The van der Waals surface area contributed by atoms with Crippen LogP contribution in [0.5, 0.6) is 0 Å². The molecule has 2 heteroatoms. The van der Waals surface area contributed by atoms with E-state index in [1.807, 2.05) is 0 Å². The maximum atomic E-state index is 10.4. The van der Waals surface area contributed by atoms with Gasteiger partial charge in [-0.1, -0.05) is 37.3 Å². The molecular weight excluding hydrogens is 224 g/mol. The van der Waals surface area contributed by atoms with Crippen molar-refractivity contribution < 1.29 is 9.84 Å². The normalized spacial score (nSPS) is 28.2. The molecule has 1 fully saturated rings. The first-order chi connectivity index (χ1) is 8.73. The molecule has 0 radical (unpaired) electrons. The largest absolute Gasteiger partial charge is 0.387 e. The Balaban J connectivity index is 1.84. The Kier molecular flexibility index (Phi) is 4.79. The zero-order chi connectivity index (χ0) is 12.8. The van der Waals surface area contributed by atoms with Crippen LogP contribution in [0.15, 0.2) is 30.3 Å². The molecule has 1 aliphatic carbocycles. The minimum absolute atomic E-state index is 0.502. The van der Waals surface area contributed by atoms with E-state index in [-0.39, 0.29) is 0 Å². The number of aliphatic hydroxyl groups is 1. The molecule has 1 N–H and O–H groups in total. The van der Waals surface area contributed by atoms with Gasteiger partial charge in [-0.05, 0) is 43.6 Å². The first-order valence-electron chi connectivity index (χ1n) is 7.08. The van der Waals surface area contributed by atoms with Crippen molar-refractivity contribution in [3.05, 3.63) is 35.9 Å². The van der Waals surface area contributed by atoms with Crippen LogP contribution >= 0.6 is 0 Å². The quantitative estimate of drug-likeness (QED) is 0.808. The predicted octanol–water partition coefficient (Wildman–Crippen LogP) is 3.50. The van der Waals surface area contributed by atoms with Gasteiger partial charge in [0.25, 0.3) is 0 Å². The molecule has 2 rings (SSSR count). The fraction of sp³-hybridized carbons (Fsp3) is 0.625. The molecule has 2 nitrogen and oxygen atoms in total. The molecule has 1 aromatic carbocycles. The van der Waals surface area contributed by atoms with Gasteiger partial charge in [0.05, 0.1) is 12.2 Å². The third-order valence-corrected chi connectivity index (χ3v) is 3.91. The fourth-order valence-electron chi connectivity index (χ4n) is 2.76. The molecular formula is C16H24O2. The standard InChI is InChI=1S/C16H24O2/c1-2-12-18-13-16(17)10-8-15(9-11-16)14-6-4-3-5-7-14/h3-7,15,17H,2,8-13H2,1H3. The van der Waals surface area contributed by atoms with Crippen molar-refractivity contribution in [3.8, 4) is 0 Å². The summed E-state index contributed by atoms with van der Waals surface area (Å²) in [5.74, 6) is 0.609. The summed E-state index contributed by atoms with van der Waals surface area (Å²) in [4.78, 5) is 0. The van der Waals surface area contributed by atoms with E-state index in [1.165, 1.54) is 5.56 Å². The van der Waals surface area contributed by atoms with Crippen molar-refractivity contribution in [3.63, 3.8) is 0 Å². The van der Waals surface area contributed by atoms with Gasteiger partial charge < -0.3 is 9.84 Å². The highest BCUT2D eigenvalue weighted by Crippen LogP contribution is 2.37. The molecule has 18 heavy (non-hydrogen) atoms. The molecule has 0 amide bonds. The van der Waals surface area contributed by atoms with Gasteiger partial charge in [-0.25, -0.2) is 0 Å². The highest BCUT2D eigenvalue weighted by atomic mass is 16.5. The van der Waals surface area contributed by atoms with Crippen LogP contribution in [0.4, 0.5) is 0 Å². The lowest BCUT2D eigenvalue weighted by atomic mass is 9.76. The van der Waals surface area contributed by atoms with Gasteiger partial charge >= 0.3 is 0 Å². The first-order valence-corrected chi connectivity index (χ1v) is 7.08. The molecule has 0 bridgehead atoms. The van der Waals surface area contributed by atoms with E-state index < -0.39 is 5.60 Å². The van der Waals surface area contributed by atoms with Crippen LogP contribution in [0.3, 0.4) is 0 Å². The zero-order valence-corrected chi connectivity index (χ0v) is 11.3. The summed E-state index contributed by atoms with van der Waals surface area (Å²) < 4.78 is 5.52. The van der Waals surface area contributed by atoms with Gasteiger partial charge in [-0.15, -0.1) is 0 Å². The number of benzene rings is 1. The molecule has 0 saturated heterocycles. The van der Waals surface area contributed by atoms with E-state index >= 15 is 0 Å². The van der Waals surface area contributed by atoms with E-state index in [2.05, 4.69) is 37.3 Å². The predicted molar refractivity (Wildman–Crippen MR) is 73.7 cm³/mol. The number of hydrogen-bond acceptors (Lipinski definition) is 2. The molecule has 1 aliphatic rings. The summed E-state index contributed by atoms with van der Waals surface area (Å²) in [7, 11) is 0. The van der Waals surface area contributed by atoms with Crippen molar-refractivity contribution in [2.75, 3.05) is 13.2 Å². The monoisotopic (exact) mass is 248 g/mol. The Hall–Kier alpha value is -0.860. The Morgan fingerprint density at radius 3 is 2.50 bits per heavy atom. The molecule has 0 aromatic heterocycles. The minimum Gasteiger partial charge on any atom is -0.387 e. The molecule has 1 saturated carbocycles. The third kappa shape index (κ3) is 3.56. The average molecular weight is 248 g/mol. The zero-order valence-electron chi connectivity index (χ0n) is 11.3. The van der Waals surface area contributed by atoms with E-state index in [4.69, 9.17) is 4.74 Å². The van der Waals surface area contributed by atoms with Crippen LogP contribution in [0.1, 0.15) is 50.5 Å². The molecule has 1 aromatic rings. The number of rotatable bonds is 5. The van der Waals surface area contributed by atoms with Gasteiger partial charge in [-0.2, -0.15) is 0 Å². The molecule has 0 atom stereocenters. The maximum Gasteiger partial charge on any atom is 0.0880 e. The van der Waals surface area contributed by atoms with Crippen molar-refractivity contribution in [1.29, 1.82) is 0 Å². The van der Waals surface area contributed by atoms with Crippen molar-refractivity contribution >= 4 is 0 Å². The molecule has 0 unspecified atom stereocenters. The minimum atomic E-state index is -0.583. The SMILES string of the molecule is CCCOCC1(O)CCC(c2ccccc2)CC1. The average Bonchev–Trinajstić information content (AvgIpc) is 2.41. The highest BCUT2D eigenvalue weighted by Gasteiger charge is 2.33. The van der Waals surface area contributed by atoms with Crippen LogP contribution in [0, 0.1) is 0 Å². The van der Waals surface area contributed by atoms with Gasteiger partial charge in [0.1, 0.15) is 0 Å². The lowest BCUT2D eigenvalue weighted by Gasteiger charge is -2.36. The maximum absolute atomic E-state index is 10.4. The second-order valence-corrected chi connectivity index (χ2v) is 5.46. The Morgan fingerprint density at radius 1 is 1.22 bits per heavy atom. The second-order valence-electron chi connectivity index (χ2n) is 5.46. The molecule has 0 aliphatic heterocycles. The second kappa shape index (κ2) is 6.35. The van der Waals surface area contributed by atoms with Gasteiger partial charge in [0.15, 0.2) is 0 Å². The van der Waals surface area contributed by atoms with Crippen LogP contribution in [-0.4, -0.2) is 23.9 Å². The van der Waals surface area contributed by atoms with Crippen molar-refractivity contribution in [2.45, 2.75) is 50.5 Å². The van der Waals surface area contributed by atoms with Crippen LogP contribution in [-0.2, 0) is 4.74 Å². The Labute approximate surface area is 110 Å². The number of ether oxygens (including phenoxy) is 1. The van der Waals surface area contributed by atoms with E-state index in [9.17, 15) is 5.11 Å². The van der Waals surface area contributed by atoms with Gasteiger partial charge in [-0.3, -0.25) is 0 Å². The first kappa shape index (κ1) is 13.6. The van der Waals surface area contributed by atoms with Crippen molar-refractivity contribution in [2.24, 2.45) is 0 Å². The lowest BCUT2D eigenvalue weighted by molar-refractivity contribution is -0.0709. The Morgan fingerprint density at radius 2 is 1.89 bits per heavy atom. The molecule has 100 valence electrons. The summed E-state index contributed by atoms with van der Waals surface area (Å²) in [5, 5.41) is 10.4. The summed E-state index contributed by atoms with van der Waals surface area (Å²) in [6, 6.07) is 10.6. The van der Waals surface area contributed by atoms with Crippen molar-refractivity contribution in [1.82, 2.24) is 0 Å². The lowest BCUT2D eigenvalue weighted by Crippen LogP contribution is -2.38. The Bertz CT molecular complexity index is 339. The van der Waals surface area contributed by atoms with E-state index in [0.717, 1.165) is 38.7 Å². The summed E-state index contributed by atoms with van der Waals surface area (Å²) >= 11 is 0. The van der Waals surface area contributed by atoms with E-state index in [1.54, 1.807) is 0 Å². The van der Waals surface area contributed by atoms with Crippen LogP contribution in [0.25, 0.3) is 0 Å². The number of hydrogen-bond donors (Lipinski definition) is 1. The highest BCUT2D eigenvalue weighted by molar-refractivity contribution is 5.20. The van der Waals surface area contributed by atoms with Crippen LogP contribution in [0.2, 0.25) is 0 Å². The molecule has 0 heterocycles. The van der Waals surface area contributed by atoms with E-state index in [0.29, 0.717) is 12.5 Å². The summed E-state index contributed by atoms with van der Waals surface area (Å²) in [5.41, 5.74) is 0.828. The summed E-state index contributed by atoms with van der Waals surface area (Å²) in [6.07, 6.45) is 4.86. The van der Waals surface area contributed by atoms with Gasteiger partial charge in [0, 0.05) is 6.61 Å². The van der Waals surface area contributed by atoms with Gasteiger partial charge in [0.2, 0.25) is 0 Å². The van der Waals surface area contributed by atoms with Crippen LogP contribution < -0.4 is 0 Å². The summed E-state index contributed by atoms with van der Waals surface area (Å²) in [6.45, 7) is 3.35.